The Kier molecular flexibility index (Phi) is 22.8. The number of carbonyl (C=O) groups is 9. The van der Waals surface area contributed by atoms with Gasteiger partial charge in [0.25, 0.3) is 0 Å². The SMILES string of the molecule is CCCCCC(=O)NC(CC(=O)O)C(=O)NC1C(=O)NC(CCCCN(C)C)C(=O)NC2CCC(O)N(C2=O)C(CC(C)C)C(=O)N(C)C(Cc2ccccc2)C(=O)NC(C(C)C)C(=O)OC1C. The molecule has 2 aliphatic heterocycles. The van der Waals surface area contributed by atoms with Crippen molar-refractivity contribution in [1.29, 1.82) is 0 Å². The molecule has 0 spiro atoms. The summed E-state index contributed by atoms with van der Waals surface area (Å²) in [5.41, 5.74) is 0.666. The van der Waals surface area contributed by atoms with E-state index in [9.17, 15) is 53.4 Å². The number of ether oxygens (including phenoxy) is 1. The Balaban J connectivity index is 2.22. The Morgan fingerprint density at radius 2 is 1.54 bits per heavy atom. The van der Waals surface area contributed by atoms with Gasteiger partial charge in [-0.15, -0.1) is 0 Å². The smallest absolute Gasteiger partial charge is 0.329 e. The number of amides is 7. The normalized spacial score (nSPS) is 25.1. The molecule has 2 heterocycles. The van der Waals surface area contributed by atoms with E-state index in [0.717, 1.165) is 11.3 Å². The third kappa shape index (κ3) is 17.2. The maximum absolute atomic E-state index is 14.8. The third-order valence-corrected chi connectivity index (χ3v) is 12.2. The number of hydrogen-bond acceptors (Lipinski definition) is 12. The van der Waals surface area contributed by atoms with Gasteiger partial charge in [0.05, 0.1) is 6.42 Å². The summed E-state index contributed by atoms with van der Waals surface area (Å²) in [5.74, 6) is -8.91. The second kappa shape index (κ2) is 27.4. The molecule has 9 atom stereocenters. The van der Waals surface area contributed by atoms with Crippen LogP contribution < -0.4 is 26.6 Å². The molecule has 1 aromatic rings. The summed E-state index contributed by atoms with van der Waals surface area (Å²) in [6.45, 7) is 10.8. The van der Waals surface area contributed by atoms with Crippen LogP contribution in [0.15, 0.2) is 30.3 Å². The van der Waals surface area contributed by atoms with Crippen molar-refractivity contribution in [1.82, 2.24) is 41.3 Å². The Hall–Kier alpha value is -5.63. The number of fused-ring (bicyclic) bond motifs is 2. The number of carboxylic acids is 1. The van der Waals surface area contributed by atoms with Gasteiger partial charge in [-0.3, -0.25) is 38.4 Å². The fourth-order valence-electron chi connectivity index (χ4n) is 8.30. The predicted molar refractivity (Wildman–Crippen MR) is 251 cm³/mol. The molecule has 9 unspecified atom stereocenters. The minimum absolute atomic E-state index is 0.0108. The van der Waals surface area contributed by atoms with Crippen LogP contribution in [0, 0.1) is 11.8 Å². The summed E-state index contributed by atoms with van der Waals surface area (Å²) in [5, 5.41) is 34.2. The Morgan fingerprint density at radius 3 is 2.15 bits per heavy atom. The second-order valence-corrected chi connectivity index (χ2v) is 19.1. The molecule has 0 radical (unpaired) electrons. The molecule has 2 aliphatic rings. The Morgan fingerprint density at radius 1 is 0.868 bits per heavy atom. The molecule has 7 N–H and O–H groups in total. The molecule has 380 valence electrons. The van der Waals surface area contributed by atoms with Crippen molar-refractivity contribution < 1.29 is 58.1 Å². The van der Waals surface area contributed by atoms with Gasteiger partial charge >= 0.3 is 11.9 Å². The van der Waals surface area contributed by atoms with Crippen molar-refractivity contribution in [2.75, 3.05) is 27.7 Å². The van der Waals surface area contributed by atoms with Crippen LogP contribution in [0.5, 0.6) is 0 Å². The first-order valence-corrected chi connectivity index (χ1v) is 23.9. The van der Waals surface area contributed by atoms with Crippen LogP contribution in [0.4, 0.5) is 0 Å². The third-order valence-electron chi connectivity index (χ3n) is 12.2. The Labute approximate surface area is 400 Å². The number of aliphatic hydroxyl groups is 1. The van der Waals surface area contributed by atoms with E-state index in [1.807, 2.05) is 39.8 Å². The molecule has 20 nitrogen and oxygen atoms in total. The molecular formula is C48H76N8O12. The number of esters is 1. The average Bonchev–Trinajstić information content (AvgIpc) is 3.26. The number of rotatable bonds is 19. The molecule has 2 saturated heterocycles. The molecule has 0 saturated carbocycles. The van der Waals surface area contributed by atoms with Crippen molar-refractivity contribution in [2.45, 2.75) is 173 Å². The van der Waals surface area contributed by atoms with Gasteiger partial charge in [0.2, 0.25) is 41.4 Å². The maximum Gasteiger partial charge on any atom is 0.329 e. The van der Waals surface area contributed by atoms with Crippen LogP contribution in [0.3, 0.4) is 0 Å². The number of unbranched alkanes of at least 4 members (excludes halogenated alkanes) is 3. The summed E-state index contributed by atoms with van der Waals surface area (Å²) in [4.78, 5) is 130. The van der Waals surface area contributed by atoms with E-state index in [1.165, 1.54) is 18.9 Å². The summed E-state index contributed by atoms with van der Waals surface area (Å²) in [6, 6.07) is -1.13. The largest absolute Gasteiger partial charge is 0.481 e. The van der Waals surface area contributed by atoms with Crippen molar-refractivity contribution in [3.63, 3.8) is 0 Å². The van der Waals surface area contributed by atoms with Crippen molar-refractivity contribution >= 4 is 53.3 Å². The number of cyclic esters (lactones) is 1. The number of carboxylic acid groups (broad SMARTS) is 1. The number of likely N-dealkylation sites (N-methyl/N-ethyl adjacent to an activating group) is 1. The first-order chi connectivity index (χ1) is 32.0. The lowest BCUT2D eigenvalue weighted by Gasteiger charge is -2.43. The minimum Gasteiger partial charge on any atom is -0.481 e. The monoisotopic (exact) mass is 957 g/mol. The van der Waals surface area contributed by atoms with Crippen LogP contribution in [0.25, 0.3) is 0 Å². The van der Waals surface area contributed by atoms with Crippen LogP contribution in [0.1, 0.15) is 118 Å². The number of benzene rings is 1. The first kappa shape index (κ1) is 56.7. The maximum atomic E-state index is 14.8. The predicted octanol–water partition coefficient (Wildman–Crippen LogP) is 1.22. The quantitative estimate of drug-likeness (QED) is 0.0761. The van der Waals surface area contributed by atoms with Crippen molar-refractivity contribution in [3.05, 3.63) is 35.9 Å². The van der Waals surface area contributed by atoms with E-state index < -0.39 is 120 Å². The van der Waals surface area contributed by atoms with Gasteiger partial charge in [0.1, 0.15) is 54.6 Å². The van der Waals surface area contributed by atoms with E-state index in [4.69, 9.17) is 4.74 Å². The fraction of sp³-hybridized carbons (Fsp3) is 0.688. The fourth-order valence-corrected chi connectivity index (χ4v) is 8.30. The number of nitrogens with zero attached hydrogens (tertiary/aromatic N) is 3. The molecular weight excluding hydrogens is 881 g/mol. The van der Waals surface area contributed by atoms with Gasteiger partial charge in [-0.2, -0.15) is 0 Å². The van der Waals surface area contributed by atoms with E-state index >= 15 is 0 Å². The summed E-state index contributed by atoms with van der Waals surface area (Å²) < 4.78 is 5.86. The lowest BCUT2D eigenvalue weighted by atomic mass is 9.94. The summed E-state index contributed by atoms with van der Waals surface area (Å²) in [7, 11) is 5.15. The van der Waals surface area contributed by atoms with Gasteiger partial charge in [0, 0.05) is 19.9 Å². The van der Waals surface area contributed by atoms with Crippen LogP contribution in [-0.4, -0.2) is 161 Å². The molecule has 2 fully saturated rings. The van der Waals surface area contributed by atoms with Crippen molar-refractivity contribution in [2.24, 2.45) is 11.8 Å². The zero-order valence-electron chi connectivity index (χ0n) is 41.2. The van der Waals surface area contributed by atoms with E-state index in [-0.39, 0.29) is 44.4 Å². The van der Waals surface area contributed by atoms with E-state index in [0.29, 0.717) is 37.8 Å². The first-order valence-electron chi connectivity index (χ1n) is 23.9. The van der Waals surface area contributed by atoms with Gasteiger partial charge in [-0.25, -0.2) is 4.79 Å². The zero-order valence-corrected chi connectivity index (χ0v) is 41.2. The zero-order chi connectivity index (χ0) is 50.8. The van der Waals surface area contributed by atoms with E-state index in [2.05, 4.69) is 26.6 Å². The van der Waals surface area contributed by atoms with Gasteiger partial charge < -0.3 is 56.2 Å². The minimum atomic E-state index is -1.80. The molecule has 7 amide bonds. The second-order valence-electron chi connectivity index (χ2n) is 19.1. The number of piperidine rings is 1. The molecule has 2 bridgehead atoms. The topological polar surface area (TPSA) is 273 Å². The molecule has 0 aromatic heterocycles. The number of nitrogens with one attached hydrogen (secondary N) is 5. The molecule has 1 aromatic carbocycles. The average molecular weight is 957 g/mol. The summed E-state index contributed by atoms with van der Waals surface area (Å²) in [6.07, 6.45) is -0.734. The number of aliphatic carboxylic acids is 1. The number of hydrogen-bond donors (Lipinski definition) is 7. The molecule has 20 heteroatoms. The number of carbonyl (C=O) groups excluding carboxylic acids is 8. The highest BCUT2D eigenvalue weighted by atomic mass is 16.5. The van der Waals surface area contributed by atoms with Crippen LogP contribution in [0.2, 0.25) is 0 Å². The lowest BCUT2D eigenvalue weighted by molar-refractivity contribution is -0.166. The summed E-state index contributed by atoms with van der Waals surface area (Å²) >= 11 is 0. The lowest BCUT2D eigenvalue weighted by Crippen LogP contribution is -2.65. The van der Waals surface area contributed by atoms with Crippen molar-refractivity contribution in [3.8, 4) is 0 Å². The van der Waals surface area contributed by atoms with Crippen LogP contribution >= 0.6 is 0 Å². The van der Waals surface area contributed by atoms with Gasteiger partial charge in [-0.05, 0) is 89.9 Å². The highest BCUT2D eigenvalue weighted by Gasteiger charge is 2.46. The van der Waals surface area contributed by atoms with E-state index in [1.54, 1.807) is 44.2 Å². The number of aliphatic hydroxyl groups excluding tert-OH is 1. The molecule has 68 heavy (non-hydrogen) atoms. The van der Waals surface area contributed by atoms with Crippen LogP contribution in [-0.2, 0) is 54.3 Å². The molecule has 3 rings (SSSR count). The van der Waals surface area contributed by atoms with Gasteiger partial charge in [-0.1, -0.05) is 77.8 Å². The molecule has 0 aliphatic carbocycles. The standard InChI is InChI=1S/C48H76N8O12/c1-10-11-13-21-37(57)49-34(27-39(59)60)43(62)53-41-30(6)68-48(67)40(29(4)5)52-44(63)35(26-31-18-14-12-15-19-31)55(9)47(66)36(25-28(2)3)56-38(58)23-22-33(46(56)65)51-42(61)32(50-45(41)64)20-16-17-24-54(7)8/h12,14-15,18-19,28-30,32-36,38,40-41,58H,10-11,13,16-17,20-27H2,1-9H3,(H,49,57)(H,50,64)(H,51,61)(H,52,63)(H,53,62)(H,59,60). The highest BCUT2D eigenvalue weighted by molar-refractivity contribution is 5.98. The van der Waals surface area contributed by atoms with Gasteiger partial charge in [0.15, 0.2) is 0 Å². The Bertz CT molecular complexity index is 1900. The highest BCUT2D eigenvalue weighted by Crippen LogP contribution is 2.26.